The highest BCUT2D eigenvalue weighted by atomic mass is 16.5. The van der Waals surface area contributed by atoms with E-state index in [2.05, 4.69) is 5.32 Å². The van der Waals surface area contributed by atoms with Crippen LogP contribution in [0.2, 0.25) is 0 Å². The van der Waals surface area contributed by atoms with Gasteiger partial charge < -0.3 is 19.9 Å². The van der Waals surface area contributed by atoms with E-state index >= 15 is 0 Å². The Balaban J connectivity index is 2.14. The molecule has 0 aliphatic rings. The minimum atomic E-state index is 0.236. The lowest BCUT2D eigenvalue weighted by Gasteiger charge is -2.07. The van der Waals surface area contributed by atoms with Crippen molar-refractivity contribution in [3.8, 4) is 11.5 Å². The van der Waals surface area contributed by atoms with Crippen LogP contribution in [0.25, 0.3) is 0 Å². The fourth-order valence-corrected chi connectivity index (χ4v) is 1.45. The zero-order valence-corrected chi connectivity index (χ0v) is 10.4. The van der Waals surface area contributed by atoms with Gasteiger partial charge >= 0.3 is 0 Å². The number of rotatable bonds is 9. The molecule has 0 aliphatic heterocycles. The highest BCUT2D eigenvalue weighted by Crippen LogP contribution is 2.17. The molecule has 0 spiro atoms. The molecule has 0 saturated heterocycles. The van der Waals surface area contributed by atoms with Crippen LogP contribution >= 0.6 is 0 Å². The van der Waals surface area contributed by atoms with Gasteiger partial charge in [0.1, 0.15) is 11.5 Å². The topological polar surface area (TPSA) is 55.3 Å². The third-order valence-corrected chi connectivity index (χ3v) is 2.29. The Bertz CT molecular complexity index is 287. The van der Waals surface area contributed by atoms with Crippen LogP contribution in [-0.4, -0.2) is 38.0 Å². The fourth-order valence-electron chi connectivity index (χ4n) is 1.45. The predicted molar refractivity (Wildman–Crippen MR) is 66.5 cm³/mol. The number of quaternary nitrogens is 1. The molecule has 3 N–H and O–H groups in total. The highest BCUT2D eigenvalue weighted by Gasteiger charge is 1.96. The standard InChI is InChI=1S/C13H21NO3/c1-2-16-12-4-6-13(7-5-12)17-11-3-8-14-9-10-15/h4-7,14-15H,2-3,8-11H2,1H3/p+1. The summed E-state index contributed by atoms with van der Waals surface area (Å²) in [7, 11) is 0. The monoisotopic (exact) mass is 240 g/mol. The second kappa shape index (κ2) is 8.84. The average Bonchev–Trinajstić information content (AvgIpc) is 2.36. The number of aliphatic hydroxyl groups excluding tert-OH is 1. The van der Waals surface area contributed by atoms with Crippen LogP contribution in [-0.2, 0) is 0 Å². The Morgan fingerprint density at radius 1 is 1.06 bits per heavy atom. The van der Waals surface area contributed by atoms with E-state index in [1.54, 1.807) is 0 Å². The molecule has 0 aliphatic carbocycles. The predicted octanol–water partition coefficient (Wildman–Crippen LogP) is 0.410. The van der Waals surface area contributed by atoms with Crippen LogP contribution in [0.1, 0.15) is 13.3 Å². The van der Waals surface area contributed by atoms with E-state index in [0.717, 1.165) is 31.0 Å². The number of nitrogens with two attached hydrogens (primary N) is 1. The van der Waals surface area contributed by atoms with Crippen LogP contribution in [0.3, 0.4) is 0 Å². The lowest BCUT2D eigenvalue weighted by molar-refractivity contribution is -0.656. The van der Waals surface area contributed by atoms with Crippen molar-refractivity contribution in [3.05, 3.63) is 24.3 Å². The van der Waals surface area contributed by atoms with Gasteiger partial charge in [-0.1, -0.05) is 0 Å². The summed E-state index contributed by atoms with van der Waals surface area (Å²) >= 11 is 0. The first kappa shape index (κ1) is 13.8. The molecule has 0 aromatic heterocycles. The minimum absolute atomic E-state index is 0.236. The first-order valence-electron chi connectivity index (χ1n) is 6.15. The highest BCUT2D eigenvalue weighted by molar-refractivity contribution is 5.31. The van der Waals surface area contributed by atoms with Crippen molar-refractivity contribution in [1.82, 2.24) is 0 Å². The van der Waals surface area contributed by atoms with E-state index < -0.39 is 0 Å². The Kier molecular flexibility index (Phi) is 7.18. The molecule has 0 saturated carbocycles. The molecule has 17 heavy (non-hydrogen) atoms. The third-order valence-electron chi connectivity index (χ3n) is 2.29. The van der Waals surface area contributed by atoms with Gasteiger partial charge in [0.05, 0.1) is 32.9 Å². The Morgan fingerprint density at radius 3 is 2.29 bits per heavy atom. The van der Waals surface area contributed by atoms with Crippen molar-refractivity contribution >= 4 is 0 Å². The van der Waals surface area contributed by atoms with Gasteiger partial charge in [-0.2, -0.15) is 0 Å². The number of hydrogen-bond donors (Lipinski definition) is 2. The molecular formula is C13H22NO3+. The second-order valence-corrected chi connectivity index (χ2v) is 3.70. The van der Waals surface area contributed by atoms with Crippen molar-refractivity contribution in [1.29, 1.82) is 0 Å². The Labute approximate surface area is 103 Å². The summed E-state index contributed by atoms with van der Waals surface area (Å²) in [5, 5.41) is 10.7. The largest absolute Gasteiger partial charge is 0.494 e. The van der Waals surface area contributed by atoms with Crippen LogP contribution in [0.4, 0.5) is 0 Å². The van der Waals surface area contributed by atoms with E-state index in [1.807, 2.05) is 31.2 Å². The number of aliphatic hydroxyl groups is 1. The maximum absolute atomic E-state index is 8.60. The summed E-state index contributed by atoms with van der Waals surface area (Å²) < 4.78 is 10.9. The number of benzene rings is 1. The number of ether oxygens (including phenoxy) is 2. The lowest BCUT2D eigenvalue weighted by Crippen LogP contribution is -2.85. The lowest BCUT2D eigenvalue weighted by atomic mass is 10.3. The van der Waals surface area contributed by atoms with Crippen molar-refractivity contribution < 1.29 is 19.9 Å². The van der Waals surface area contributed by atoms with Gasteiger partial charge in [-0.15, -0.1) is 0 Å². The van der Waals surface area contributed by atoms with Gasteiger partial charge in [0, 0.05) is 6.42 Å². The molecule has 4 heteroatoms. The maximum Gasteiger partial charge on any atom is 0.119 e. The van der Waals surface area contributed by atoms with E-state index in [-0.39, 0.29) is 6.61 Å². The van der Waals surface area contributed by atoms with Crippen LogP contribution < -0.4 is 14.8 Å². The molecule has 1 aromatic rings. The van der Waals surface area contributed by atoms with Crippen molar-refractivity contribution in [2.75, 3.05) is 32.9 Å². The Morgan fingerprint density at radius 2 is 1.71 bits per heavy atom. The molecule has 0 heterocycles. The molecule has 0 fully saturated rings. The SMILES string of the molecule is CCOc1ccc(OCCC[NH2+]CCO)cc1. The molecule has 0 amide bonds. The third kappa shape index (κ3) is 6.14. The van der Waals surface area contributed by atoms with Crippen molar-refractivity contribution in [2.24, 2.45) is 0 Å². The summed E-state index contributed by atoms with van der Waals surface area (Å²) in [4.78, 5) is 0. The van der Waals surface area contributed by atoms with E-state index in [0.29, 0.717) is 13.2 Å². The molecule has 0 radical (unpaired) electrons. The maximum atomic E-state index is 8.60. The van der Waals surface area contributed by atoms with Crippen LogP contribution in [0.15, 0.2) is 24.3 Å². The van der Waals surface area contributed by atoms with Crippen LogP contribution in [0.5, 0.6) is 11.5 Å². The molecule has 96 valence electrons. The number of hydrogen-bond acceptors (Lipinski definition) is 3. The summed E-state index contributed by atoms with van der Waals surface area (Å²) in [6.07, 6.45) is 0.979. The van der Waals surface area contributed by atoms with Gasteiger partial charge in [-0.3, -0.25) is 0 Å². The van der Waals surface area contributed by atoms with Gasteiger partial charge in [-0.25, -0.2) is 0 Å². The Hall–Kier alpha value is -1.26. The first-order chi connectivity index (χ1) is 8.36. The first-order valence-corrected chi connectivity index (χ1v) is 6.15. The van der Waals surface area contributed by atoms with Crippen molar-refractivity contribution in [2.45, 2.75) is 13.3 Å². The average molecular weight is 240 g/mol. The molecule has 1 aromatic carbocycles. The van der Waals surface area contributed by atoms with Gasteiger partial charge in [0.2, 0.25) is 0 Å². The summed E-state index contributed by atoms with van der Waals surface area (Å²) in [6.45, 7) is 5.34. The quantitative estimate of drug-likeness (QED) is 0.615. The van der Waals surface area contributed by atoms with Gasteiger partial charge in [0.25, 0.3) is 0 Å². The summed E-state index contributed by atoms with van der Waals surface area (Å²) in [6, 6.07) is 7.66. The van der Waals surface area contributed by atoms with Gasteiger partial charge in [0.15, 0.2) is 0 Å². The molecular weight excluding hydrogens is 218 g/mol. The van der Waals surface area contributed by atoms with E-state index in [4.69, 9.17) is 14.6 Å². The zero-order chi connectivity index (χ0) is 12.3. The van der Waals surface area contributed by atoms with E-state index in [9.17, 15) is 0 Å². The molecule has 0 atom stereocenters. The van der Waals surface area contributed by atoms with Gasteiger partial charge in [-0.05, 0) is 31.2 Å². The second-order valence-electron chi connectivity index (χ2n) is 3.70. The van der Waals surface area contributed by atoms with Crippen molar-refractivity contribution in [3.63, 3.8) is 0 Å². The molecule has 4 nitrogen and oxygen atoms in total. The van der Waals surface area contributed by atoms with E-state index in [1.165, 1.54) is 0 Å². The van der Waals surface area contributed by atoms with Crippen LogP contribution in [0, 0.1) is 0 Å². The smallest absolute Gasteiger partial charge is 0.119 e. The summed E-state index contributed by atoms with van der Waals surface area (Å²) in [5.74, 6) is 1.74. The molecule has 1 rings (SSSR count). The molecule has 0 unspecified atom stereocenters. The summed E-state index contributed by atoms with van der Waals surface area (Å²) in [5.41, 5.74) is 0. The molecule has 0 bridgehead atoms. The normalized spacial score (nSPS) is 10.2. The minimum Gasteiger partial charge on any atom is -0.494 e. The fraction of sp³-hybridized carbons (Fsp3) is 0.538. The zero-order valence-electron chi connectivity index (χ0n) is 10.4.